The van der Waals surface area contributed by atoms with Crippen molar-refractivity contribution in [1.29, 1.82) is 0 Å². The lowest BCUT2D eigenvalue weighted by Gasteiger charge is -2.21. The molecule has 0 aromatic rings. The first-order valence-electron chi connectivity index (χ1n) is 8.32. The molecule has 0 aromatic heterocycles. The maximum Gasteiger partial charge on any atom is 0.321 e. The second-order valence-electron chi connectivity index (χ2n) is 5.96. The van der Waals surface area contributed by atoms with Gasteiger partial charge in [0, 0.05) is 31.2 Å². The normalized spacial score (nSPS) is 16.4. The van der Waals surface area contributed by atoms with E-state index in [0.29, 0.717) is 12.1 Å². The van der Waals surface area contributed by atoms with Crippen LogP contribution in [0.1, 0.15) is 32.1 Å². The number of hydrogen-bond donors (Lipinski definition) is 6. The highest BCUT2D eigenvalue weighted by Gasteiger charge is 2.27. The molecule has 0 bridgehead atoms. The summed E-state index contributed by atoms with van der Waals surface area (Å²) in [7, 11) is 0. The maximum atomic E-state index is 11.3. The quantitative estimate of drug-likeness (QED) is 0.228. The fourth-order valence-electron chi connectivity index (χ4n) is 2.47. The van der Waals surface area contributed by atoms with Crippen molar-refractivity contribution in [2.45, 2.75) is 50.2 Å². The van der Waals surface area contributed by atoms with Gasteiger partial charge in [-0.05, 0) is 19.4 Å². The van der Waals surface area contributed by atoms with E-state index in [-0.39, 0.29) is 25.8 Å². The Morgan fingerprint density at radius 2 is 1.56 bits per heavy atom. The van der Waals surface area contributed by atoms with Gasteiger partial charge in [0.25, 0.3) is 0 Å². The van der Waals surface area contributed by atoms with E-state index < -0.39 is 48.4 Å². The van der Waals surface area contributed by atoms with Crippen molar-refractivity contribution in [3.05, 3.63) is 11.8 Å². The monoisotopic (exact) mass is 385 g/mol. The molecule has 0 spiro atoms. The van der Waals surface area contributed by atoms with Crippen LogP contribution in [-0.2, 0) is 19.2 Å². The number of carbonyl (C=O) groups is 4. The summed E-state index contributed by atoms with van der Waals surface area (Å²) in [4.78, 5) is 48.4. The van der Waals surface area contributed by atoms with E-state index in [1.54, 1.807) is 12.3 Å². The minimum Gasteiger partial charge on any atom is -0.481 e. The number of carboxylic acid groups (broad SMARTS) is 4. The van der Waals surface area contributed by atoms with Gasteiger partial charge in [-0.1, -0.05) is 6.08 Å². The lowest BCUT2D eigenvalue weighted by molar-refractivity contribution is -0.143. The van der Waals surface area contributed by atoms with Crippen LogP contribution in [0.25, 0.3) is 0 Å². The third-order valence-electron chi connectivity index (χ3n) is 3.90. The molecule has 11 nitrogen and oxygen atoms in total. The first-order chi connectivity index (χ1) is 12.7. The molecule has 150 valence electrons. The van der Waals surface area contributed by atoms with Crippen LogP contribution < -0.4 is 10.6 Å². The third-order valence-corrected chi connectivity index (χ3v) is 3.90. The molecule has 0 aliphatic carbocycles. The molecule has 1 rings (SSSR count). The summed E-state index contributed by atoms with van der Waals surface area (Å²) < 4.78 is 0. The van der Waals surface area contributed by atoms with Crippen LogP contribution >= 0.6 is 0 Å². The van der Waals surface area contributed by atoms with Crippen molar-refractivity contribution in [2.75, 3.05) is 6.54 Å². The van der Waals surface area contributed by atoms with Gasteiger partial charge in [-0.15, -0.1) is 0 Å². The Hall–Kier alpha value is -2.79. The average Bonchev–Trinajstić information content (AvgIpc) is 3.07. The first-order valence-corrected chi connectivity index (χ1v) is 8.32. The molecule has 1 heterocycles. The molecule has 0 saturated carbocycles. The van der Waals surface area contributed by atoms with Crippen LogP contribution in [0.3, 0.4) is 0 Å². The van der Waals surface area contributed by atoms with Gasteiger partial charge in [-0.3, -0.25) is 29.5 Å². The van der Waals surface area contributed by atoms with Gasteiger partial charge in [0.15, 0.2) is 0 Å². The Labute approximate surface area is 154 Å². The summed E-state index contributed by atoms with van der Waals surface area (Å²) >= 11 is 0. The smallest absolute Gasteiger partial charge is 0.321 e. The molecule has 0 fully saturated rings. The molecule has 27 heavy (non-hydrogen) atoms. The summed E-state index contributed by atoms with van der Waals surface area (Å²) in [5.74, 6) is -4.97. The third kappa shape index (κ3) is 8.42. The van der Waals surface area contributed by atoms with E-state index >= 15 is 0 Å². The van der Waals surface area contributed by atoms with Gasteiger partial charge < -0.3 is 25.7 Å². The Morgan fingerprint density at radius 1 is 0.963 bits per heavy atom. The average molecular weight is 385 g/mol. The number of rotatable bonds is 14. The number of nitrogens with one attached hydrogen (secondary N) is 2. The number of carboxylic acids is 4. The number of aliphatic imine (C=N–C) groups is 1. The fraction of sp³-hybridized carbons (Fsp3) is 0.562. The second-order valence-corrected chi connectivity index (χ2v) is 5.96. The zero-order valence-corrected chi connectivity index (χ0v) is 14.5. The number of allylic oxidation sites excluding steroid dienone is 1. The van der Waals surface area contributed by atoms with E-state index in [9.17, 15) is 29.4 Å². The van der Waals surface area contributed by atoms with E-state index in [0.717, 1.165) is 0 Å². The Bertz CT molecular complexity index is 631. The minimum atomic E-state index is -1.36. The predicted octanol–water partition coefficient (Wildman–Crippen LogP) is -0.471. The molecule has 0 saturated heterocycles. The van der Waals surface area contributed by atoms with Gasteiger partial charge in [0.2, 0.25) is 0 Å². The Kier molecular flexibility index (Phi) is 9.09. The van der Waals surface area contributed by atoms with Crippen molar-refractivity contribution in [3.63, 3.8) is 0 Å². The Balaban J connectivity index is 2.58. The van der Waals surface area contributed by atoms with E-state index in [4.69, 9.17) is 10.2 Å². The highest BCUT2D eigenvalue weighted by Crippen LogP contribution is 2.13. The lowest BCUT2D eigenvalue weighted by atomic mass is 10.1. The van der Waals surface area contributed by atoms with Crippen molar-refractivity contribution in [1.82, 2.24) is 10.6 Å². The van der Waals surface area contributed by atoms with Gasteiger partial charge in [0.1, 0.15) is 18.1 Å². The van der Waals surface area contributed by atoms with E-state index in [1.165, 1.54) is 0 Å². The fourth-order valence-corrected chi connectivity index (χ4v) is 2.47. The molecule has 3 unspecified atom stereocenters. The van der Waals surface area contributed by atoms with Gasteiger partial charge in [-0.2, -0.15) is 0 Å². The number of nitrogens with zero attached hydrogens (tertiary/aromatic N) is 1. The molecule has 11 heteroatoms. The zero-order valence-electron chi connectivity index (χ0n) is 14.5. The molecule has 1 aliphatic heterocycles. The summed E-state index contributed by atoms with van der Waals surface area (Å²) in [5.41, 5.74) is 0.627. The minimum absolute atomic E-state index is 0.00317. The van der Waals surface area contributed by atoms with Crippen molar-refractivity contribution < 1.29 is 39.6 Å². The molecule has 3 atom stereocenters. The van der Waals surface area contributed by atoms with Crippen LogP contribution in [0.4, 0.5) is 0 Å². The SMILES string of the molecule is O=C(O)CCC(NC(CCNC(CC1=CCC=N1)C(=O)O)C(=O)O)C(=O)O. The molecule has 0 radical (unpaired) electrons. The molecule has 0 amide bonds. The number of hydrogen-bond acceptors (Lipinski definition) is 7. The molecule has 6 N–H and O–H groups in total. The molecular formula is C16H23N3O8. The topological polar surface area (TPSA) is 186 Å². The molecule has 0 aromatic carbocycles. The van der Waals surface area contributed by atoms with E-state index in [1.807, 2.05) is 0 Å². The highest BCUT2D eigenvalue weighted by molar-refractivity contribution is 5.78. The van der Waals surface area contributed by atoms with Crippen LogP contribution in [0, 0.1) is 0 Å². The summed E-state index contributed by atoms with van der Waals surface area (Å²) in [5, 5.41) is 41.4. The first kappa shape index (κ1) is 22.3. The molecule has 1 aliphatic rings. The van der Waals surface area contributed by atoms with Crippen molar-refractivity contribution in [3.8, 4) is 0 Å². The lowest BCUT2D eigenvalue weighted by Crippen LogP contribution is -2.49. The summed E-state index contributed by atoms with van der Waals surface area (Å²) in [6, 6.07) is -3.57. The predicted molar refractivity (Wildman–Crippen MR) is 92.7 cm³/mol. The summed E-state index contributed by atoms with van der Waals surface area (Å²) in [6.45, 7) is 0.00317. The Morgan fingerprint density at radius 3 is 2.04 bits per heavy atom. The van der Waals surface area contributed by atoms with Crippen molar-refractivity contribution >= 4 is 30.1 Å². The number of aliphatic carboxylic acids is 4. The van der Waals surface area contributed by atoms with Crippen molar-refractivity contribution in [2.24, 2.45) is 4.99 Å². The second kappa shape index (κ2) is 11.0. The maximum absolute atomic E-state index is 11.3. The standard InChI is InChI=1S/C16H23N3O8/c20-13(21)4-3-10(14(22)23)19-11(15(24)25)5-7-18-12(16(26)27)8-9-2-1-6-17-9/h2,6,10-12,18-19H,1,3-5,7-8H2,(H,20,21)(H,22,23)(H,24,25)(H,26,27). The largest absolute Gasteiger partial charge is 0.481 e. The van der Waals surface area contributed by atoms with Crippen LogP contribution in [0.15, 0.2) is 16.8 Å². The van der Waals surface area contributed by atoms with Gasteiger partial charge in [0.05, 0.1) is 0 Å². The molecular weight excluding hydrogens is 362 g/mol. The van der Waals surface area contributed by atoms with Gasteiger partial charge in [-0.25, -0.2) is 0 Å². The summed E-state index contributed by atoms with van der Waals surface area (Å²) in [6.07, 6.45) is 3.45. The van der Waals surface area contributed by atoms with E-state index in [2.05, 4.69) is 15.6 Å². The van der Waals surface area contributed by atoms with Crippen LogP contribution in [0.2, 0.25) is 0 Å². The zero-order chi connectivity index (χ0) is 20.4. The van der Waals surface area contributed by atoms with Crippen LogP contribution in [-0.4, -0.2) is 75.2 Å². The van der Waals surface area contributed by atoms with Gasteiger partial charge >= 0.3 is 23.9 Å². The van der Waals surface area contributed by atoms with Crippen LogP contribution in [0.5, 0.6) is 0 Å². The highest BCUT2D eigenvalue weighted by atomic mass is 16.4.